The molecule has 3 rings (SSSR count). The molecule has 0 N–H and O–H groups in total. The molecule has 0 atom stereocenters. The summed E-state index contributed by atoms with van der Waals surface area (Å²) in [5.41, 5.74) is 4.03. The summed E-state index contributed by atoms with van der Waals surface area (Å²) in [4.78, 5) is 7.53. The fraction of sp³-hybridized carbons (Fsp3) is 0.312. The molecule has 0 aliphatic carbocycles. The summed E-state index contributed by atoms with van der Waals surface area (Å²) in [6.07, 6.45) is -4.59. The first-order valence-electron chi connectivity index (χ1n) is 7.24. The Bertz CT molecular complexity index is 902. The van der Waals surface area contributed by atoms with Crippen LogP contribution in [-0.4, -0.2) is 19.6 Å². The summed E-state index contributed by atoms with van der Waals surface area (Å²) < 4.78 is 39.7. The van der Waals surface area contributed by atoms with Crippen molar-refractivity contribution in [2.24, 2.45) is 0 Å². The second-order valence-corrected chi connectivity index (χ2v) is 6.59. The lowest BCUT2D eigenvalue weighted by Crippen LogP contribution is -2.07. The minimum absolute atomic E-state index is 0.0363. The van der Waals surface area contributed by atoms with Gasteiger partial charge in [-0.1, -0.05) is 23.8 Å². The number of hydrogen-bond acceptors (Lipinski definition) is 4. The molecule has 0 saturated heterocycles. The normalized spacial score (nSPS) is 12.1. The molecule has 2 heterocycles. The van der Waals surface area contributed by atoms with Gasteiger partial charge in [-0.3, -0.25) is 0 Å². The highest BCUT2D eigenvalue weighted by Crippen LogP contribution is 2.29. The molecule has 0 unspecified atom stereocenters. The molecule has 4 nitrogen and oxygen atoms in total. The van der Waals surface area contributed by atoms with Crippen molar-refractivity contribution in [3.63, 3.8) is 0 Å². The van der Waals surface area contributed by atoms with Gasteiger partial charge in [-0.15, -0.1) is 16.9 Å². The van der Waals surface area contributed by atoms with E-state index in [2.05, 4.69) is 21.1 Å². The lowest BCUT2D eigenvalue weighted by molar-refractivity contribution is -0.144. The Morgan fingerprint density at radius 1 is 1.08 bits per heavy atom. The first-order chi connectivity index (χ1) is 11.2. The van der Waals surface area contributed by atoms with Gasteiger partial charge in [-0.25, -0.2) is 4.98 Å². The number of halogens is 3. The lowest BCUT2D eigenvalue weighted by Gasteiger charge is -2.08. The molecule has 0 amide bonds. The minimum atomic E-state index is -4.59. The third-order valence-electron chi connectivity index (χ3n) is 3.54. The molecule has 0 fully saturated rings. The number of fused-ring (bicyclic) bond motifs is 1. The first kappa shape index (κ1) is 16.8. The van der Waals surface area contributed by atoms with E-state index in [0.717, 1.165) is 21.2 Å². The maximum absolute atomic E-state index is 12.8. The van der Waals surface area contributed by atoms with Crippen molar-refractivity contribution in [2.45, 2.75) is 37.7 Å². The van der Waals surface area contributed by atoms with Crippen molar-refractivity contribution in [3.05, 3.63) is 52.5 Å². The van der Waals surface area contributed by atoms with Crippen molar-refractivity contribution in [1.29, 1.82) is 0 Å². The monoisotopic (exact) mass is 352 g/mol. The molecule has 3 aromatic rings. The van der Waals surface area contributed by atoms with Crippen LogP contribution < -0.4 is 0 Å². The Labute approximate surface area is 141 Å². The van der Waals surface area contributed by atoms with Crippen LogP contribution in [-0.2, 0) is 11.9 Å². The van der Waals surface area contributed by atoms with Crippen LogP contribution in [0.1, 0.15) is 28.2 Å². The SMILES string of the molecule is Cc1ccc(C)c(CSc2cc(C)nc3nc(C(F)(F)F)nn23)c1. The van der Waals surface area contributed by atoms with Gasteiger partial charge in [-0.05, 0) is 38.0 Å². The topological polar surface area (TPSA) is 43.1 Å². The second kappa shape index (κ2) is 6.08. The van der Waals surface area contributed by atoms with Gasteiger partial charge in [0.05, 0.1) is 0 Å². The van der Waals surface area contributed by atoms with E-state index in [1.165, 1.54) is 11.8 Å². The highest BCUT2D eigenvalue weighted by Gasteiger charge is 2.36. The van der Waals surface area contributed by atoms with Gasteiger partial charge in [0.15, 0.2) is 0 Å². The molecule has 0 spiro atoms. The van der Waals surface area contributed by atoms with Crippen molar-refractivity contribution in [1.82, 2.24) is 19.6 Å². The zero-order valence-corrected chi connectivity index (χ0v) is 14.2. The Hall–Kier alpha value is -2.09. The van der Waals surface area contributed by atoms with Crippen LogP contribution in [0.3, 0.4) is 0 Å². The quantitative estimate of drug-likeness (QED) is 0.519. The molecular weight excluding hydrogens is 337 g/mol. The third-order valence-corrected chi connectivity index (χ3v) is 4.58. The Morgan fingerprint density at radius 2 is 1.83 bits per heavy atom. The van der Waals surface area contributed by atoms with Crippen LogP contribution in [0, 0.1) is 20.8 Å². The average Bonchev–Trinajstić information content (AvgIpc) is 2.92. The van der Waals surface area contributed by atoms with Crippen LogP contribution >= 0.6 is 11.8 Å². The van der Waals surface area contributed by atoms with Crippen molar-refractivity contribution in [2.75, 3.05) is 0 Å². The minimum Gasteiger partial charge on any atom is -0.216 e. The van der Waals surface area contributed by atoms with Crippen LogP contribution in [0.15, 0.2) is 29.3 Å². The van der Waals surface area contributed by atoms with Crippen LogP contribution in [0.4, 0.5) is 13.2 Å². The van der Waals surface area contributed by atoms with E-state index in [-0.39, 0.29) is 5.78 Å². The summed E-state index contributed by atoms with van der Waals surface area (Å²) in [6.45, 7) is 5.75. The largest absolute Gasteiger partial charge is 0.453 e. The Kier molecular flexibility index (Phi) is 4.25. The van der Waals surface area contributed by atoms with Gasteiger partial charge in [0.2, 0.25) is 0 Å². The van der Waals surface area contributed by atoms with Gasteiger partial charge in [0.25, 0.3) is 11.6 Å². The third kappa shape index (κ3) is 3.38. The number of nitrogens with zero attached hydrogens (tertiary/aromatic N) is 4. The zero-order valence-electron chi connectivity index (χ0n) is 13.3. The molecule has 2 aromatic heterocycles. The van der Waals surface area contributed by atoms with Crippen LogP contribution in [0.5, 0.6) is 0 Å². The zero-order chi connectivity index (χ0) is 17.5. The summed E-state index contributed by atoms with van der Waals surface area (Å²) >= 11 is 1.42. The summed E-state index contributed by atoms with van der Waals surface area (Å²) in [7, 11) is 0. The molecule has 0 aliphatic rings. The molecule has 0 bridgehead atoms. The second-order valence-electron chi connectivity index (χ2n) is 5.60. The van der Waals surface area contributed by atoms with Crippen LogP contribution in [0.25, 0.3) is 5.78 Å². The number of aromatic nitrogens is 4. The van der Waals surface area contributed by atoms with E-state index in [9.17, 15) is 13.2 Å². The molecule has 8 heteroatoms. The number of alkyl halides is 3. The molecule has 0 radical (unpaired) electrons. The number of hydrogen-bond donors (Lipinski definition) is 0. The van der Waals surface area contributed by atoms with Crippen molar-refractivity contribution < 1.29 is 13.2 Å². The summed E-state index contributed by atoms with van der Waals surface area (Å²) in [5.74, 6) is -0.576. The van der Waals surface area contributed by atoms with Crippen molar-refractivity contribution in [3.8, 4) is 0 Å². The van der Waals surface area contributed by atoms with E-state index in [1.807, 2.05) is 26.0 Å². The maximum atomic E-state index is 12.8. The number of rotatable bonds is 3. The van der Waals surface area contributed by atoms with E-state index in [4.69, 9.17) is 0 Å². The Balaban J connectivity index is 1.96. The first-order valence-corrected chi connectivity index (χ1v) is 8.23. The molecule has 0 saturated carbocycles. The van der Waals surface area contributed by atoms with Gasteiger partial charge in [-0.2, -0.15) is 22.7 Å². The fourth-order valence-corrected chi connectivity index (χ4v) is 3.40. The number of aryl methyl sites for hydroxylation is 3. The average molecular weight is 352 g/mol. The smallest absolute Gasteiger partial charge is 0.216 e. The van der Waals surface area contributed by atoms with E-state index >= 15 is 0 Å². The number of thioether (sulfide) groups is 1. The lowest BCUT2D eigenvalue weighted by atomic mass is 10.1. The maximum Gasteiger partial charge on any atom is 0.453 e. The molecular formula is C16H15F3N4S. The predicted octanol–water partition coefficient (Wildman–Crippen LogP) is 4.36. The van der Waals surface area contributed by atoms with Gasteiger partial charge in [0.1, 0.15) is 5.03 Å². The van der Waals surface area contributed by atoms with Crippen LogP contribution in [0.2, 0.25) is 0 Å². The predicted molar refractivity (Wildman–Crippen MR) is 86.0 cm³/mol. The van der Waals surface area contributed by atoms with E-state index in [1.54, 1.807) is 13.0 Å². The summed E-state index contributed by atoms with van der Waals surface area (Å²) in [5, 5.41) is 4.16. The van der Waals surface area contributed by atoms with Gasteiger partial charge >= 0.3 is 6.18 Å². The standard InChI is InChI=1S/C16H15F3N4S/c1-9-4-5-10(2)12(6-9)8-24-13-7-11(3)20-15-21-14(16(17,18)19)22-23(13)15/h4-7H,8H2,1-3H3. The van der Waals surface area contributed by atoms with E-state index in [0.29, 0.717) is 16.5 Å². The number of benzene rings is 1. The van der Waals surface area contributed by atoms with E-state index < -0.39 is 12.0 Å². The van der Waals surface area contributed by atoms with Gasteiger partial charge < -0.3 is 0 Å². The highest BCUT2D eigenvalue weighted by molar-refractivity contribution is 7.98. The highest BCUT2D eigenvalue weighted by atomic mass is 32.2. The van der Waals surface area contributed by atoms with Crippen molar-refractivity contribution >= 4 is 17.5 Å². The molecule has 0 aliphatic heterocycles. The molecule has 24 heavy (non-hydrogen) atoms. The fourth-order valence-electron chi connectivity index (χ4n) is 2.28. The molecule has 1 aromatic carbocycles. The Morgan fingerprint density at radius 3 is 2.54 bits per heavy atom. The van der Waals surface area contributed by atoms with Gasteiger partial charge in [0, 0.05) is 11.4 Å². The summed E-state index contributed by atoms with van der Waals surface area (Å²) in [6, 6.07) is 7.87. The molecule has 126 valence electrons.